The van der Waals surface area contributed by atoms with Crippen LogP contribution in [0.15, 0.2) is 29.2 Å². The Kier molecular flexibility index (Phi) is 3.40. The topological polar surface area (TPSA) is 26.0 Å². The van der Waals surface area contributed by atoms with Crippen molar-refractivity contribution in [3.05, 3.63) is 24.3 Å². The molecule has 0 unspecified atom stereocenters. The first kappa shape index (κ1) is 12.4. The Balaban J connectivity index is 2.87. The van der Waals surface area contributed by atoms with Crippen molar-refractivity contribution in [2.45, 2.75) is 15.5 Å². The summed E-state index contributed by atoms with van der Waals surface area (Å²) in [4.78, 5) is -0.0691. The fraction of sp³-hybridized carbons (Fsp3) is 0.250. The number of rotatable bonds is 3. The lowest BCUT2D eigenvalue weighted by Gasteiger charge is -2.20. The Morgan fingerprint density at radius 1 is 1.20 bits per heavy atom. The van der Waals surface area contributed by atoms with E-state index in [0.717, 1.165) is 0 Å². The lowest BCUT2D eigenvalue weighted by Crippen LogP contribution is -2.31. The van der Waals surface area contributed by atoms with Crippen LogP contribution in [0.25, 0.3) is 0 Å². The van der Waals surface area contributed by atoms with Crippen LogP contribution in [0.3, 0.4) is 0 Å². The molecule has 1 rings (SSSR count). The van der Waals surface area contributed by atoms with Crippen LogP contribution in [-0.4, -0.2) is 10.6 Å². The second-order valence-electron chi connectivity index (χ2n) is 2.69. The Hall–Kier alpha value is -0.620. The Morgan fingerprint density at radius 2 is 1.80 bits per heavy atom. The van der Waals surface area contributed by atoms with Gasteiger partial charge in [0.05, 0.1) is 0 Å². The van der Waals surface area contributed by atoms with Crippen molar-refractivity contribution in [2.75, 3.05) is 5.73 Å². The SMILES string of the molecule is Nc1cccc(SC(F)(F)C(F)(F)Cl)c1. The summed E-state index contributed by atoms with van der Waals surface area (Å²) in [5.74, 6) is 0. The predicted molar refractivity (Wildman–Crippen MR) is 52.5 cm³/mol. The van der Waals surface area contributed by atoms with Crippen molar-refractivity contribution in [1.82, 2.24) is 0 Å². The molecule has 0 fully saturated rings. The van der Waals surface area contributed by atoms with Crippen molar-refractivity contribution in [2.24, 2.45) is 0 Å². The van der Waals surface area contributed by atoms with Gasteiger partial charge in [-0.25, -0.2) is 0 Å². The van der Waals surface area contributed by atoms with Gasteiger partial charge in [-0.1, -0.05) is 6.07 Å². The molecule has 0 saturated carbocycles. The van der Waals surface area contributed by atoms with Gasteiger partial charge in [-0.15, -0.1) is 0 Å². The summed E-state index contributed by atoms with van der Waals surface area (Å²) in [5, 5.41) is -8.97. The number of hydrogen-bond acceptors (Lipinski definition) is 2. The zero-order chi connectivity index (χ0) is 11.7. The molecule has 1 nitrogen and oxygen atoms in total. The quantitative estimate of drug-likeness (QED) is 0.387. The first-order chi connectivity index (χ1) is 6.72. The molecule has 0 atom stereocenters. The predicted octanol–water partition coefficient (Wildman–Crippen LogP) is 3.79. The van der Waals surface area contributed by atoms with Crippen LogP contribution in [0.4, 0.5) is 23.2 Å². The highest BCUT2D eigenvalue weighted by atomic mass is 35.5. The number of alkyl halides is 5. The fourth-order valence-electron chi connectivity index (χ4n) is 0.784. The lowest BCUT2D eigenvalue weighted by atomic mass is 10.3. The summed E-state index contributed by atoms with van der Waals surface area (Å²) in [7, 11) is 0. The van der Waals surface area contributed by atoms with E-state index in [1.165, 1.54) is 24.3 Å². The van der Waals surface area contributed by atoms with Crippen LogP contribution in [0.5, 0.6) is 0 Å². The molecule has 0 aliphatic heterocycles. The third-order valence-corrected chi connectivity index (χ3v) is 2.79. The molecule has 0 aromatic heterocycles. The summed E-state index contributed by atoms with van der Waals surface area (Å²) >= 11 is 3.95. The Bertz CT molecular complexity index is 353. The van der Waals surface area contributed by atoms with Gasteiger partial charge in [-0.3, -0.25) is 0 Å². The van der Waals surface area contributed by atoms with Gasteiger partial charge in [0.1, 0.15) is 0 Å². The molecule has 0 amide bonds. The molecule has 15 heavy (non-hydrogen) atoms. The third kappa shape index (κ3) is 3.17. The molecule has 1 aromatic carbocycles. The van der Waals surface area contributed by atoms with Gasteiger partial charge in [0, 0.05) is 10.6 Å². The molecule has 0 bridgehead atoms. The molecule has 0 spiro atoms. The molecule has 1 aromatic rings. The van der Waals surface area contributed by atoms with E-state index in [9.17, 15) is 17.6 Å². The molecule has 0 heterocycles. The van der Waals surface area contributed by atoms with E-state index in [0.29, 0.717) is 0 Å². The van der Waals surface area contributed by atoms with Crippen molar-refractivity contribution in [3.63, 3.8) is 0 Å². The smallest absolute Gasteiger partial charge is 0.394 e. The van der Waals surface area contributed by atoms with Crippen LogP contribution in [0.2, 0.25) is 0 Å². The molecule has 0 radical (unpaired) electrons. The first-order valence-corrected chi connectivity index (χ1v) is 4.91. The minimum atomic E-state index is -4.59. The summed E-state index contributed by atoms with van der Waals surface area (Å²) < 4.78 is 50.1. The second-order valence-corrected chi connectivity index (χ2v) is 4.35. The third-order valence-electron chi connectivity index (χ3n) is 1.43. The van der Waals surface area contributed by atoms with Crippen LogP contribution in [0, 0.1) is 0 Å². The minimum absolute atomic E-state index is 0.0691. The average molecular weight is 260 g/mol. The number of nitrogens with two attached hydrogens (primary N) is 1. The molecule has 0 saturated heterocycles. The molecule has 7 heteroatoms. The number of anilines is 1. The average Bonchev–Trinajstić information content (AvgIpc) is 2.00. The first-order valence-electron chi connectivity index (χ1n) is 3.71. The maximum absolute atomic E-state index is 12.8. The van der Waals surface area contributed by atoms with E-state index in [4.69, 9.17) is 5.73 Å². The number of nitrogen functional groups attached to an aromatic ring is 1. The Morgan fingerprint density at radius 3 is 2.27 bits per heavy atom. The molecular weight excluding hydrogens is 254 g/mol. The summed E-state index contributed by atoms with van der Waals surface area (Å²) in [6, 6.07) is 5.26. The monoisotopic (exact) mass is 259 g/mol. The highest BCUT2D eigenvalue weighted by Gasteiger charge is 2.56. The van der Waals surface area contributed by atoms with Crippen LogP contribution >= 0.6 is 23.4 Å². The number of thioether (sulfide) groups is 1. The second kappa shape index (κ2) is 4.09. The zero-order valence-electron chi connectivity index (χ0n) is 7.18. The van der Waals surface area contributed by atoms with Gasteiger partial charge in [0.2, 0.25) is 0 Å². The van der Waals surface area contributed by atoms with Crippen LogP contribution < -0.4 is 5.73 Å². The highest BCUT2D eigenvalue weighted by Crippen LogP contribution is 2.48. The fourth-order valence-corrected chi connectivity index (χ4v) is 1.65. The number of halogens is 5. The highest BCUT2D eigenvalue weighted by molar-refractivity contribution is 8.00. The summed E-state index contributed by atoms with van der Waals surface area (Å²) in [5.41, 5.74) is 5.52. The number of benzene rings is 1. The van der Waals surface area contributed by atoms with Gasteiger partial charge < -0.3 is 5.73 Å². The largest absolute Gasteiger partial charge is 0.399 e. The molecular formula is C8H6ClF4NS. The minimum Gasteiger partial charge on any atom is -0.399 e. The molecule has 0 aliphatic carbocycles. The Labute approximate surface area is 92.6 Å². The molecule has 2 N–H and O–H groups in total. The van der Waals surface area contributed by atoms with Gasteiger partial charge >= 0.3 is 10.6 Å². The van der Waals surface area contributed by atoms with Crippen molar-refractivity contribution < 1.29 is 17.6 Å². The van der Waals surface area contributed by atoms with Crippen LogP contribution in [-0.2, 0) is 0 Å². The summed E-state index contributed by atoms with van der Waals surface area (Å²) in [6.07, 6.45) is 0. The van der Waals surface area contributed by atoms with Gasteiger partial charge in [-0.05, 0) is 41.6 Å². The summed E-state index contributed by atoms with van der Waals surface area (Å²) in [6.45, 7) is 0. The van der Waals surface area contributed by atoms with Crippen LogP contribution in [0.1, 0.15) is 0 Å². The maximum Gasteiger partial charge on any atom is 0.394 e. The van der Waals surface area contributed by atoms with E-state index in [1.54, 1.807) is 0 Å². The maximum atomic E-state index is 12.8. The van der Waals surface area contributed by atoms with Crippen molar-refractivity contribution >= 4 is 29.1 Å². The van der Waals surface area contributed by atoms with Gasteiger partial charge in [0.25, 0.3) is 0 Å². The standard InChI is InChI=1S/C8H6ClF4NS/c9-7(10,11)8(12,13)15-6-3-1-2-5(14)4-6/h1-4H,14H2. The van der Waals surface area contributed by atoms with E-state index in [-0.39, 0.29) is 22.3 Å². The van der Waals surface area contributed by atoms with E-state index < -0.39 is 10.6 Å². The van der Waals surface area contributed by atoms with Crippen molar-refractivity contribution in [1.29, 1.82) is 0 Å². The normalized spacial score (nSPS) is 12.9. The van der Waals surface area contributed by atoms with Gasteiger partial charge in [-0.2, -0.15) is 17.6 Å². The van der Waals surface area contributed by atoms with Crippen molar-refractivity contribution in [3.8, 4) is 0 Å². The zero-order valence-corrected chi connectivity index (χ0v) is 8.76. The van der Waals surface area contributed by atoms with Gasteiger partial charge in [0.15, 0.2) is 0 Å². The molecule has 0 aliphatic rings. The lowest BCUT2D eigenvalue weighted by molar-refractivity contribution is -0.0897. The van der Waals surface area contributed by atoms with E-state index in [1.807, 2.05) is 0 Å². The number of hydrogen-bond donors (Lipinski definition) is 1. The van der Waals surface area contributed by atoms with E-state index in [2.05, 4.69) is 11.6 Å². The van der Waals surface area contributed by atoms with E-state index >= 15 is 0 Å². The molecule has 84 valence electrons.